The van der Waals surface area contributed by atoms with Crippen LogP contribution >= 0.6 is 0 Å². The molecule has 0 N–H and O–H groups in total. The van der Waals surface area contributed by atoms with Gasteiger partial charge in [0.25, 0.3) is 0 Å². The number of Topliss-reactive ketones (excluding diaryl/α,β-unsaturated/α-hetero) is 1. The molecule has 0 saturated heterocycles. The van der Waals surface area contributed by atoms with Gasteiger partial charge in [-0.25, -0.2) is 0 Å². The smallest absolute Gasteiger partial charge is 0.129 e. The van der Waals surface area contributed by atoms with Gasteiger partial charge in [-0.3, -0.25) is 0 Å². The van der Waals surface area contributed by atoms with Crippen LogP contribution in [0.4, 0.5) is 0 Å². The van der Waals surface area contributed by atoms with Gasteiger partial charge < -0.3 is 14.3 Å². The van der Waals surface area contributed by atoms with Crippen LogP contribution in [0.3, 0.4) is 0 Å². The Labute approximate surface area is 96.4 Å². The highest BCUT2D eigenvalue weighted by atomic mass is 16.5. The Morgan fingerprint density at radius 1 is 1.38 bits per heavy atom. The largest absolute Gasteiger partial charge is 0.496 e. The number of hydrogen-bond acceptors (Lipinski definition) is 3. The lowest BCUT2D eigenvalue weighted by atomic mass is 10.2. The van der Waals surface area contributed by atoms with Gasteiger partial charge in [-0.1, -0.05) is 6.07 Å². The van der Waals surface area contributed by atoms with Crippen molar-refractivity contribution in [2.75, 3.05) is 13.7 Å². The highest BCUT2D eigenvalue weighted by molar-refractivity contribution is 5.75. The van der Waals surface area contributed by atoms with Gasteiger partial charge in [0.2, 0.25) is 0 Å². The summed E-state index contributed by atoms with van der Waals surface area (Å²) < 4.78 is 10.7. The SMILES string of the molecule is COc1cc(OCCCC(C)=O)ccc1C. The third-order valence-electron chi connectivity index (χ3n) is 2.32. The maximum absolute atomic E-state index is 10.7. The van der Waals surface area contributed by atoms with E-state index in [1.54, 1.807) is 14.0 Å². The molecule has 0 aliphatic heterocycles. The van der Waals surface area contributed by atoms with Crippen LogP contribution in [0.15, 0.2) is 18.2 Å². The third kappa shape index (κ3) is 3.93. The van der Waals surface area contributed by atoms with Crippen molar-refractivity contribution >= 4 is 5.78 Å². The second kappa shape index (κ2) is 6.16. The quantitative estimate of drug-likeness (QED) is 0.694. The second-order valence-corrected chi connectivity index (χ2v) is 3.79. The highest BCUT2D eigenvalue weighted by Crippen LogP contribution is 2.23. The van der Waals surface area contributed by atoms with Crippen molar-refractivity contribution < 1.29 is 14.3 Å². The summed E-state index contributed by atoms with van der Waals surface area (Å²) in [4.78, 5) is 10.7. The summed E-state index contributed by atoms with van der Waals surface area (Å²) >= 11 is 0. The van der Waals surface area contributed by atoms with Crippen LogP contribution in [-0.4, -0.2) is 19.5 Å². The molecular weight excluding hydrogens is 204 g/mol. The van der Waals surface area contributed by atoms with E-state index >= 15 is 0 Å². The number of rotatable bonds is 6. The molecule has 0 bridgehead atoms. The van der Waals surface area contributed by atoms with Gasteiger partial charge in [0, 0.05) is 12.5 Å². The summed E-state index contributed by atoms with van der Waals surface area (Å²) in [6.07, 6.45) is 1.33. The van der Waals surface area contributed by atoms with Crippen LogP contribution in [0.1, 0.15) is 25.3 Å². The molecule has 0 radical (unpaired) electrons. The molecule has 0 aliphatic rings. The Hall–Kier alpha value is -1.51. The predicted molar refractivity (Wildman–Crippen MR) is 63.1 cm³/mol. The van der Waals surface area contributed by atoms with E-state index < -0.39 is 0 Å². The topological polar surface area (TPSA) is 35.5 Å². The van der Waals surface area contributed by atoms with Gasteiger partial charge in [-0.05, 0) is 31.9 Å². The van der Waals surface area contributed by atoms with Crippen molar-refractivity contribution in [2.45, 2.75) is 26.7 Å². The Kier molecular flexibility index (Phi) is 4.83. The molecular formula is C13H18O3. The summed E-state index contributed by atoms with van der Waals surface area (Å²) in [5.74, 6) is 1.81. The molecule has 0 aromatic heterocycles. The minimum atomic E-state index is 0.199. The van der Waals surface area contributed by atoms with Gasteiger partial charge in [-0.2, -0.15) is 0 Å². The first-order valence-corrected chi connectivity index (χ1v) is 5.40. The molecule has 1 rings (SSSR count). The van der Waals surface area contributed by atoms with Crippen molar-refractivity contribution in [3.63, 3.8) is 0 Å². The fourth-order valence-corrected chi connectivity index (χ4v) is 1.40. The summed E-state index contributed by atoms with van der Waals surface area (Å²) in [7, 11) is 1.64. The van der Waals surface area contributed by atoms with Gasteiger partial charge in [0.15, 0.2) is 0 Å². The Morgan fingerprint density at radius 3 is 2.75 bits per heavy atom. The number of ether oxygens (including phenoxy) is 2. The first-order valence-electron chi connectivity index (χ1n) is 5.40. The van der Waals surface area contributed by atoms with Crippen molar-refractivity contribution in [3.05, 3.63) is 23.8 Å². The molecule has 3 heteroatoms. The fourth-order valence-electron chi connectivity index (χ4n) is 1.40. The molecule has 0 spiro atoms. The molecule has 0 unspecified atom stereocenters. The molecule has 0 heterocycles. The summed E-state index contributed by atoms with van der Waals surface area (Å²) in [5.41, 5.74) is 1.08. The van der Waals surface area contributed by atoms with Crippen LogP contribution in [0.25, 0.3) is 0 Å². The number of carbonyl (C=O) groups is 1. The van der Waals surface area contributed by atoms with Crippen molar-refractivity contribution in [2.24, 2.45) is 0 Å². The zero-order valence-electron chi connectivity index (χ0n) is 10.1. The van der Waals surface area contributed by atoms with E-state index in [0.29, 0.717) is 13.0 Å². The molecule has 0 saturated carbocycles. The number of carbonyl (C=O) groups excluding carboxylic acids is 1. The Morgan fingerprint density at radius 2 is 2.12 bits per heavy atom. The fraction of sp³-hybridized carbons (Fsp3) is 0.462. The van der Waals surface area contributed by atoms with Crippen LogP contribution in [0.2, 0.25) is 0 Å². The van der Waals surface area contributed by atoms with E-state index in [-0.39, 0.29) is 5.78 Å². The van der Waals surface area contributed by atoms with Crippen LogP contribution in [0.5, 0.6) is 11.5 Å². The molecule has 0 atom stereocenters. The van der Waals surface area contributed by atoms with Gasteiger partial charge >= 0.3 is 0 Å². The predicted octanol–water partition coefficient (Wildman–Crippen LogP) is 2.75. The van der Waals surface area contributed by atoms with Crippen molar-refractivity contribution in [1.82, 2.24) is 0 Å². The number of ketones is 1. The first-order chi connectivity index (χ1) is 7.63. The summed E-state index contributed by atoms with van der Waals surface area (Å²) in [5, 5.41) is 0. The van der Waals surface area contributed by atoms with Crippen LogP contribution < -0.4 is 9.47 Å². The van der Waals surface area contributed by atoms with Crippen molar-refractivity contribution in [3.8, 4) is 11.5 Å². The van der Waals surface area contributed by atoms with Gasteiger partial charge in [0.1, 0.15) is 17.3 Å². The molecule has 0 aliphatic carbocycles. The number of methoxy groups -OCH3 is 1. The third-order valence-corrected chi connectivity index (χ3v) is 2.32. The average molecular weight is 222 g/mol. The minimum Gasteiger partial charge on any atom is -0.496 e. The molecule has 0 amide bonds. The molecule has 88 valence electrons. The normalized spacial score (nSPS) is 9.94. The molecule has 3 nitrogen and oxygen atoms in total. The van der Waals surface area contributed by atoms with E-state index in [0.717, 1.165) is 23.5 Å². The molecule has 0 fully saturated rings. The van der Waals surface area contributed by atoms with E-state index in [1.807, 2.05) is 25.1 Å². The lowest BCUT2D eigenvalue weighted by molar-refractivity contribution is -0.117. The molecule has 1 aromatic carbocycles. The maximum atomic E-state index is 10.7. The lowest BCUT2D eigenvalue weighted by Gasteiger charge is -2.09. The molecule has 1 aromatic rings. The van der Waals surface area contributed by atoms with Crippen molar-refractivity contribution in [1.29, 1.82) is 0 Å². The molecule has 16 heavy (non-hydrogen) atoms. The minimum absolute atomic E-state index is 0.199. The number of hydrogen-bond donors (Lipinski definition) is 0. The van der Waals surface area contributed by atoms with Gasteiger partial charge in [-0.15, -0.1) is 0 Å². The number of benzene rings is 1. The Balaban J connectivity index is 2.45. The number of aryl methyl sites for hydroxylation is 1. The van der Waals surface area contributed by atoms with E-state index in [9.17, 15) is 4.79 Å². The zero-order chi connectivity index (χ0) is 12.0. The van der Waals surface area contributed by atoms with Crippen LogP contribution in [0, 0.1) is 6.92 Å². The first kappa shape index (κ1) is 12.6. The second-order valence-electron chi connectivity index (χ2n) is 3.79. The van der Waals surface area contributed by atoms with E-state index in [4.69, 9.17) is 9.47 Å². The monoisotopic (exact) mass is 222 g/mol. The summed E-state index contributed by atoms with van der Waals surface area (Å²) in [6, 6.07) is 5.73. The van der Waals surface area contributed by atoms with Gasteiger partial charge in [0.05, 0.1) is 13.7 Å². The van der Waals surface area contributed by atoms with Crippen LogP contribution in [-0.2, 0) is 4.79 Å². The average Bonchev–Trinajstić information content (AvgIpc) is 2.26. The summed E-state index contributed by atoms with van der Waals surface area (Å²) in [6.45, 7) is 4.14. The standard InChI is InChI=1S/C13H18O3/c1-10-6-7-12(9-13(10)15-3)16-8-4-5-11(2)14/h6-7,9H,4-5,8H2,1-3H3. The van der Waals surface area contributed by atoms with E-state index in [2.05, 4.69) is 0 Å². The Bertz CT molecular complexity index is 358. The zero-order valence-corrected chi connectivity index (χ0v) is 10.1. The highest BCUT2D eigenvalue weighted by Gasteiger charge is 2.01. The maximum Gasteiger partial charge on any atom is 0.129 e. The lowest BCUT2D eigenvalue weighted by Crippen LogP contribution is -2.00. The van der Waals surface area contributed by atoms with E-state index in [1.165, 1.54) is 0 Å².